The number of likely N-dealkylation sites (tertiary alicyclic amines) is 1. The smallest absolute Gasteiger partial charge is 0.310 e. The molecule has 0 N–H and O–H groups in total. The van der Waals surface area contributed by atoms with Gasteiger partial charge >= 0.3 is 5.97 Å². The number of piperidine rings is 1. The second-order valence-corrected chi connectivity index (χ2v) is 5.97. The van der Waals surface area contributed by atoms with Gasteiger partial charge in [0.1, 0.15) is 0 Å². The Bertz CT molecular complexity index is 245. The zero-order chi connectivity index (χ0) is 12.3. The quantitative estimate of drug-likeness (QED) is 0.677. The molecule has 1 aliphatic heterocycles. The van der Waals surface area contributed by atoms with Crippen LogP contribution in [0.2, 0.25) is 0 Å². The zero-order valence-electron chi connectivity index (χ0n) is 11.2. The van der Waals surface area contributed by atoms with Crippen molar-refractivity contribution in [3.05, 3.63) is 0 Å². The molecular weight excluding hydrogens is 202 g/mol. The van der Waals surface area contributed by atoms with Crippen LogP contribution in [0.1, 0.15) is 34.1 Å². The molecule has 0 aromatic heterocycles. The first-order chi connectivity index (χ1) is 7.34. The Labute approximate surface area is 99.1 Å². The molecule has 0 bridgehead atoms. The number of nitrogens with zero attached hydrogens (tertiary/aromatic N) is 1. The van der Waals surface area contributed by atoms with Crippen LogP contribution in [-0.4, -0.2) is 37.6 Å². The molecule has 2 unspecified atom stereocenters. The van der Waals surface area contributed by atoms with Crippen LogP contribution < -0.4 is 0 Å². The SMILES string of the molecule is CCOC(=O)C1CC(C(C)(C)C)CN(C)C1. The number of ether oxygens (including phenoxy) is 1. The van der Waals surface area contributed by atoms with E-state index in [1.807, 2.05) is 6.92 Å². The fraction of sp³-hybridized carbons (Fsp3) is 0.923. The Morgan fingerprint density at radius 3 is 2.50 bits per heavy atom. The molecule has 3 heteroatoms. The maximum absolute atomic E-state index is 11.8. The highest BCUT2D eigenvalue weighted by Gasteiger charge is 2.36. The van der Waals surface area contributed by atoms with Gasteiger partial charge in [-0.15, -0.1) is 0 Å². The van der Waals surface area contributed by atoms with E-state index in [9.17, 15) is 4.79 Å². The van der Waals surface area contributed by atoms with Gasteiger partial charge in [0.25, 0.3) is 0 Å². The average Bonchev–Trinajstić information content (AvgIpc) is 2.16. The number of hydrogen-bond acceptors (Lipinski definition) is 3. The van der Waals surface area contributed by atoms with Crippen molar-refractivity contribution in [2.24, 2.45) is 17.3 Å². The molecule has 0 aliphatic carbocycles. The van der Waals surface area contributed by atoms with Gasteiger partial charge < -0.3 is 9.64 Å². The van der Waals surface area contributed by atoms with Gasteiger partial charge in [-0.2, -0.15) is 0 Å². The first kappa shape index (κ1) is 13.5. The molecule has 0 saturated carbocycles. The van der Waals surface area contributed by atoms with Gasteiger partial charge in [-0.3, -0.25) is 4.79 Å². The summed E-state index contributed by atoms with van der Waals surface area (Å²) in [6, 6.07) is 0. The fourth-order valence-corrected chi connectivity index (χ4v) is 2.38. The molecule has 0 spiro atoms. The predicted molar refractivity (Wildman–Crippen MR) is 65.2 cm³/mol. The lowest BCUT2D eigenvalue weighted by molar-refractivity contribution is -0.151. The van der Waals surface area contributed by atoms with Crippen LogP contribution in [0, 0.1) is 17.3 Å². The summed E-state index contributed by atoms with van der Waals surface area (Å²) >= 11 is 0. The second kappa shape index (κ2) is 5.17. The first-order valence-electron chi connectivity index (χ1n) is 6.19. The van der Waals surface area contributed by atoms with Gasteiger partial charge in [0.15, 0.2) is 0 Å². The lowest BCUT2D eigenvalue weighted by atomic mass is 9.73. The number of esters is 1. The molecule has 1 aliphatic rings. The molecule has 3 nitrogen and oxygen atoms in total. The largest absolute Gasteiger partial charge is 0.466 e. The van der Waals surface area contributed by atoms with E-state index in [1.165, 1.54) is 0 Å². The highest BCUT2D eigenvalue weighted by atomic mass is 16.5. The van der Waals surface area contributed by atoms with Crippen molar-refractivity contribution in [1.29, 1.82) is 0 Å². The molecule has 0 aromatic carbocycles. The van der Waals surface area contributed by atoms with Crippen LogP contribution in [0.5, 0.6) is 0 Å². The van der Waals surface area contributed by atoms with E-state index in [-0.39, 0.29) is 17.3 Å². The van der Waals surface area contributed by atoms with E-state index in [0.717, 1.165) is 19.5 Å². The summed E-state index contributed by atoms with van der Waals surface area (Å²) in [6.07, 6.45) is 0.965. The molecular formula is C13H25NO2. The van der Waals surface area contributed by atoms with Crippen LogP contribution in [-0.2, 0) is 9.53 Å². The van der Waals surface area contributed by atoms with Crippen molar-refractivity contribution < 1.29 is 9.53 Å². The van der Waals surface area contributed by atoms with Crippen LogP contribution in [0.4, 0.5) is 0 Å². The Hall–Kier alpha value is -0.570. The van der Waals surface area contributed by atoms with Gasteiger partial charge in [0.05, 0.1) is 12.5 Å². The number of carbonyl (C=O) groups excluding carboxylic acids is 1. The van der Waals surface area contributed by atoms with E-state index in [2.05, 4.69) is 32.7 Å². The van der Waals surface area contributed by atoms with Gasteiger partial charge in [0.2, 0.25) is 0 Å². The Kier molecular flexibility index (Phi) is 4.36. The standard InChI is InChI=1S/C13H25NO2/c1-6-16-12(15)10-7-11(13(2,3)4)9-14(5)8-10/h10-11H,6-9H2,1-5H3. The average molecular weight is 227 g/mol. The summed E-state index contributed by atoms with van der Waals surface area (Å²) in [4.78, 5) is 14.0. The topological polar surface area (TPSA) is 29.5 Å². The van der Waals surface area contributed by atoms with Crippen molar-refractivity contribution in [2.75, 3.05) is 26.7 Å². The van der Waals surface area contributed by atoms with Crippen LogP contribution in [0.3, 0.4) is 0 Å². The third-order valence-electron chi connectivity index (χ3n) is 3.48. The number of hydrogen-bond donors (Lipinski definition) is 0. The minimum atomic E-state index is -0.0247. The third kappa shape index (κ3) is 3.48. The van der Waals surface area contributed by atoms with Crippen molar-refractivity contribution in [3.8, 4) is 0 Å². The van der Waals surface area contributed by atoms with Crippen LogP contribution in [0.25, 0.3) is 0 Å². The van der Waals surface area contributed by atoms with E-state index < -0.39 is 0 Å². The normalized spacial score (nSPS) is 27.8. The van der Waals surface area contributed by atoms with Crippen molar-refractivity contribution >= 4 is 5.97 Å². The molecule has 0 aromatic rings. The predicted octanol–water partition coefficient (Wildman–Crippen LogP) is 2.16. The Morgan fingerprint density at radius 2 is 2.00 bits per heavy atom. The number of carbonyl (C=O) groups is 1. The van der Waals surface area contributed by atoms with Gasteiger partial charge in [-0.05, 0) is 31.7 Å². The summed E-state index contributed by atoms with van der Waals surface area (Å²) < 4.78 is 5.13. The molecule has 94 valence electrons. The van der Waals surface area contributed by atoms with E-state index in [1.54, 1.807) is 0 Å². The van der Waals surface area contributed by atoms with Crippen molar-refractivity contribution in [1.82, 2.24) is 4.90 Å². The Balaban J connectivity index is 2.64. The molecule has 1 heterocycles. The van der Waals surface area contributed by atoms with Crippen molar-refractivity contribution in [3.63, 3.8) is 0 Å². The van der Waals surface area contributed by atoms with Gasteiger partial charge in [0, 0.05) is 13.1 Å². The molecule has 1 saturated heterocycles. The summed E-state index contributed by atoms with van der Waals surface area (Å²) in [5.74, 6) is 0.604. The second-order valence-electron chi connectivity index (χ2n) is 5.97. The molecule has 1 rings (SSSR count). The summed E-state index contributed by atoms with van der Waals surface area (Å²) in [5, 5.41) is 0. The van der Waals surface area contributed by atoms with Gasteiger partial charge in [-0.1, -0.05) is 20.8 Å². The van der Waals surface area contributed by atoms with Crippen molar-refractivity contribution in [2.45, 2.75) is 34.1 Å². The van der Waals surface area contributed by atoms with Crippen LogP contribution >= 0.6 is 0 Å². The molecule has 2 atom stereocenters. The maximum Gasteiger partial charge on any atom is 0.310 e. The summed E-state index contributed by atoms with van der Waals surface area (Å²) in [6.45, 7) is 11.0. The minimum Gasteiger partial charge on any atom is -0.466 e. The van der Waals surface area contributed by atoms with E-state index in [4.69, 9.17) is 4.74 Å². The maximum atomic E-state index is 11.8. The highest BCUT2D eigenvalue weighted by molar-refractivity contribution is 5.72. The molecule has 0 radical (unpaired) electrons. The summed E-state index contributed by atoms with van der Waals surface area (Å²) in [5.41, 5.74) is 0.263. The fourth-order valence-electron chi connectivity index (χ4n) is 2.38. The summed E-state index contributed by atoms with van der Waals surface area (Å²) in [7, 11) is 2.09. The van der Waals surface area contributed by atoms with E-state index >= 15 is 0 Å². The molecule has 1 fully saturated rings. The highest BCUT2D eigenvalue weighted by Crippen LogP contribution is 2.35. The number of rotatable bonds is 2. The molecule has 16 heavy (non-hydrogen) atoms. The van der Waals surface area contributed by atoms with E-state index in [0.29, 0.717) is 12.5 Å². The first-order valence-corrected chi connectivity index (χ1v) is 6.19. The third-order valence-corrected chi connectivity index (χ3v) is 3.48. The Morgan fingerprint density at radius 1 is 1.38 bits per heavy atom. The lowest BCUT2D eigenvalue weighted by Gasteiger charge is -2.41. The lowest BCUT2D eigenvalue weighted by Crippen LogP contribution is -2.45. The minimum absolute atomic E-state index is 0.0247. The molecule has 0 amide bonds. The zero-order valence-corrected chi connectivity index (χ0v) is 11.2. The monoisotopic (exact) mass is 227 g/mol. The van der Waals surface area contributed by atoms with Gasteiger partial charge in [-0.25, -0.2) is 0 Å². The van der Waals surface area contributed by atoms with Crippen LogP contribution in [0.15, 0.2) is 0 Å².